The van der Waals surface area contributed by atoms with Crippen molar-refractivity contribution in [1.82, 2.24) is 0 Å². The van der Waals surface area contributed by atoms with Gasteiger partial charge in [-0.25, -0.2) is 0 Å². The first-order chi connectivity index (χ1) is 7.43. The summed E-state index contributed by atoms with van der Waals surface area (Å²) in [4.78, 5) is 0. The Morgan fingerprint density at radius 1 is 1.33 bits per heavy atom. The van der Waals surface area contributed by atoms with Gasteiger partial charge in [0.1, 0.15) is 0 Å². The molecule has 0 bridgehead atoms. The van der Waals surface area contributed by atoms with Gasteiger partial charge in [0.25, 0.3) is 0 Å². The van der Waals surface area contributed by atoms with E-state index in [4.69, 9.17) is 4.74 Å². The second-order valence-corrected chi connectivity index (χ2v) is 3.15. The summed E-state index contributed by atoms with van der Waals surface area (Å²) < 4.78 is 5.52. The van der Waals surface area contributed by atoms with E-state index in [0.29, 0.717) is 0 Å². The Morgan fingerprint density at radius 3 is 2.73 bits per heavy atom. The molecule has 1 aromatic carbocycles. The number of hydrogen-bond donors (Lipinski definition) is 0. The maximum atomic E-state index is 5.52. The van der Waals surface area contributed by atoms with E-state index < -0.39 is 0 Å². The molecular weight excluding hydrogens is 305 g/mol. The van der Waals surface area contributed by atoms with Crippen molar-refractivity contribution in [3.63, 3.8) is 0 Å². The molecule has 0 aliphatic carbocycles. The van der Waals surface area contributed by atoms with Gasteiger partial charge in [-0.2, -0.15) is 18.2 Å². The van der Waals surface area contributed by atoms with Crippen LogP contribution < -0.4 is 4.74 Å². The van der Waals surface area contributed by atoms with Crippen LogP contribution in [0.4, 0.5) is 0 Å². The Kier molecular flexibility index (Phi) is 12.3. The number of rotatable bonds is 6. The van der Waals surface area contributed by atoms with Crippen LogP contribution in [-0.2, 0) is 16.3 Å². The zero-order valence-electron chi connectivity index (χ0n) is 9.34. The molecule has 0 atom stereocenters. The van der Waals surface area contributed by atoms with Crippen LogP contribution in [0.1, 0.15) is 32.6 Å². The minimum absolute atomic E-state index is 0.831. The van der Waals surface area contributed by atoms with Crippen LogP contribution in [0, 0.1) is 6.07 Å². The van der Waals surface area contributed by atoms with Crippen molar-refractivity contribution in [1.29, 1.82) is 0 Å². The zero-order chi connectivity index (χ0) is 11.4. The fraction of sp³-hybridized carbons (Fsp3) is 0.500. The van der Waals surface area contributed by atoms with Crippen LogP contribution >= 0.6 is 13.6 Å². The molecule has 0 saturated carbocycles. The average molecular weight is 323 g/mol. The molecule has 0 saturated heterocycles. The fourth-order valence-electron chi connectivity index (χ4n) is 1.19. The third-order valence-electron chi connectivity index (χ3n) is 1.95. The molecule has 0 heterocycles. The van der Waals surface area contributed by atoms with Crippen molar-refractivity contribution in [3.05, 3.63) is 30.3 Å². The van der Waals surface area contributed by atoms with Gasteiger partial charge in [-0.1, -0.05) is 26.2 Å². The monoisotopic (exact) mass is 320 g/mol. The topological polar surface area (TPSA) is 9.23 Å². The van der Waals surface area contributed by atoms with E-state index in [2.05, 4.69) is 26.6 Å². The summed E-state index contributed by atoms with van der Waals surface area (Å²) in [5.41, 5.74) is 0. The zero-order valence-corrected chi connectivity index (χ0v) is 13.9. The molecule has 1 aromatic rings. The minimum atomic E-state index is 0.831. The van der Waals surface area contributed by atoms with E-state index in [9.17, 15) is 0 Å². The van der Waals surface area contributed by atoms with Gasteiger partial charge in [-0.15, -0.1) is 12.1 Å². The number of halogens is 1. The Balaban J connectivity index is 0.000000921. The van der Waals surface area contributed by atoms with Gasteiger partial charge in [0.15, 0.2) is 0 Å². The molecule has 3 heteroatoms. The van der Waals surface area contributed by atoms with Gasteiger partial charge in [0.2, 0.25) is 0 Å². The molecule has 0 aromatic heterocycles. The first-order valence-electron chi connectivity index (χ1n) is 5.29. The third kappa shape index (κ3) is 9.08. The molecule has 1 rings (SSSR count). The van der Waals surface area contributed by atoms with E-state index in [0.717, 1.165) is 18.8 Å². The maximum absolute atomic E-state index is 5.52. The molecule has 0 radical (unpaired) electrons. The van der Waals surface area contributed by atoms with Crippen molar-refractivity contribution >= 4 is 13.6 Å². The number of ether oxygens (including phenoxy) is 1. The number of unbranched alkanes of at least 4 members (excludes halogenated alkanes) is 3. The standard InChI is InChI=1S/C12H17O.BrH.Zn/c1-2-3-4-8-11-13-12-9-6-5-7-10-12;;/h5-6,9-10H,2-4,8,11H2,1H3;1H;/q-1;;+2/p-1. The molecular formula is C12H17BrOZn. The molecule has 0 aliphatic rings. The Morgan fingerprint density at radius 2 is 2.13 bits per heavy atom. The van der Waals surface area contributed by atoms with Crippen molar-refractivity contribution in [2.24, 2.45) is 0 Å². The molecule has 0 spiro atoms. The molecule has 0 aliphatic heterocycles. The van der Waals surface area contributed by atoms with Gasteiger partial charge in [-0.05, 0) is 6.42 Å². The molecule has 0 N–H and O–H groups in total. The summed E-state index contributed by atoms with van der Waals surface area (Å²) in [5.74, 6) is 0.930. The van der Waals surface area contributed by atoms with Gasteiger partial charge in [0.05, 0.1) is 6.61 Å². The van der Waals surface area contributed by atoms with Crippen LogP contribution in [0.5, 0.6) is 5.75 Å². The Bertz CT molecular complexity index is 216. The average Bonchev–Trinajstić information content (AvgIpc) is 2.33. The summed E-state index contributed by atoms with van der Waals surface area (Å²) in [6.45, 7) is 3.05. The van der Waals surface area contributed by atoms with Gasteiger partial charge in [-0.3, -0.25) is 0 Å². The van der Waals surface area contributed by atoms with E-state index in [1.165, 1.54) is 35.6 Å². The first kappa shape index (κ1) is 15.1. The van der Waals surface area contributed by atoms with Gasteiger partial charge in [0, 0.05) is 5.75 Å². The third-order valence-corrected chi connectivity index (χ3v) is 1.95. The summed E-state index contributed by atoms with van der Waals surface area (Å²) in [6.07, 6.45) is 5.01. The summed E-state index contributed by atoms with van der Waals surface area (Å²) in [6, 6.07) is 10.7. The van der Waals surface area contributed by atoms with E-state index in [1.807, 2.05) is 24.3 Å². The molecule has 0 fully saturated rings. The molecule has 80 valence electrons. The van der Waals surface area contributed by atoms with Crippen molar-refractivity contribution in [2.45, 2.75) is 32.6 Å². The van der Waals surface area contributed by atoms with Crippen LogP contribution in [0.2, 0.25) is 0 Å². The fourth-order valence-corrected chi connectivity index (χ4v) is 1.19. The SMILES string of the molecule is CCCCCCOc1c[c-]ccc1.[Zn+][Br]. The van der Waals surface area contributed by atoms with Crippen molar-refractivity contribution < 1.29 is 21.1 Å². The predicted octanol–water partition coefficient (Wildman–Crippen LogP) is 4.29. The predicted molar refractivity (Wildman–Crippen MR) is 63.8 cm³/mol. The first-order valence-corrected chi connectivity index (χ1v) is 12.2. The van der Waals surface area contributed by atoms with Crippen LogP contribution in [0.15, 0.2) is 24.3 Å². The van der Waals surface area contributed by atoms with Crippen LogP contribution in [0.3, 0.4) is 0 Å². The van der Waals surface area contributed by atoms with E-state index >= 15 is 0 Å². The number of benzene rings is 1. The van der Waals surface area contributed by atoms with Crippen molar-refractivity contribution in [3.8, 4) is 5.75 Å². The molecule has 1 nitrogen and oxygen atoms in total. The van der Waals surface area contributed by atoms with E-state index in [-0.39, 0.29) is 0 Å². The van der Waals surface area contributed by atoms with E-state index in [1.54, 1.807) is 0 Å². The molecule has 0 amide bonds. The Hall–Kier alpha value is 0.123. The second kappa shape index (κ2) is 12.2. The van der Waals surface area contributed by atoms with Crippen molar-refractivity contribution in [2.75, 3.05) is 6.61 Å². The molecule has 0 unspecified atom stereocenters. The summed E-state index contributed by atoms with van der Waals surface area (Å²) in [5, 5.41) is 0. The molecule has 15 heavy (non-hydrogen) atoms. The number of hydrogen-bond acceptors (Lipinski definition) is 1. The van der Waals surface area contributed by atoms with Gasteiger partial charge >= 0.3 is 30.0 Å². The van der Waals surface area contributed by atoms with Crippen LogP contribution in [0.25, 0.3) is 0 Å². The normalized spacial score (nSPS) is 9.07. The second-order valence-electron chi connectivity index (χ2n) is 3.15. The van der Waals surface area contributed by atoms with Gasteiger partial charge < -0.3 is 4.74 Å². The quantitative estimate of drug-likeness (QED) is 0.431. The summed E-state index contributed by atoms with van der Waals surface area (Å²) >= 11 is 4.25. The van der Waals surface area contributed by atoms with Crippen LogP contribution in [-0.4, -0.2) is 6.61 Å². The Labute approximate surface area is 110 Å². The summed E-state index contributed by atoms with van der Waals surface area (Å²) in [7, 11) is 0.